The predicted molar refractivity (Wildman–Crippen MR) is 113 cm³/mol. The molecule has 0 aromatic heterocycles. The highest BCUT2D eigenvalue weighted by atomic mass is 31.2. The summed E-state index contributed by atoms with van der Waals surface area (Å²) >= 11 is 0. The molecule has 0 bridgehead atoms. The first-order valence-corrected chi connectivity index (χ1v) is 11.8. The molecule has 0 aliphatic heterocycles. The van der Waals surface area contributed by atoms with Crippen molar-refractivity contribution in [3.8, 4) is 5.75 Å². The number of rotatable bonds is 15. The Morgan fingerprint density at radius 3 is 2.00 bits per heavy atom. The SMILES string of the molecule is CCCCCCCCc1c(CCCC)cc(CCCC)cc1OP(O)O. The molecule has 0 fully saturated rings. The van der Waals surface area contributed by atoms with E-state index >= 15 is 0 Å². The Bertz CT molecular complexity index is 489. The highest BCUT2D eigenvalue weighted by Crippen LogP contribution is 2.36. The average Bonchev–Trinajstić information content (AvgIpc) is 2.61. The maximum Gasteiger partial charge on any atom is 0.391 e. The molecule has 0 aliphatic carbocycles. The van der Waals surface area contributed by atoms with E-state index in [1.165, 1.54) is 55.2 Å². The van der Waals surface area contributed by atoms with E-state index in [-0.39, 0.29) is 0 Å². The van der Waals surface area contributed by atoms with Crippen molar-refractivity contribution in [3.05, 3.63) is 28.8 Å². The largest absolute Gasteiger partial charge is 0.427 e. The van der Waals surface area contributed by atoms with Gasteiger partial charge in [-0.2, -0.15) is 0 Å². The molecule has 26 heavy (non-hydrogen) atoms. The standard InChI is InChI=1S/C22H39O3P/c1-4-7-10-11-12-13-16-21-20(15-9-6-3)17-19(14-8-5-2)18-22(21)25-26(23)24/h17-18,23-24H,4-16H2,1-3H3. The van der Waals surface area contributed by atoms with E-state index in [1.54, 1.807) is 0 Å². The molecule has 1 aromatic carbocycles. The van der Waals surface area contributed by atoms with Crippen molar-refractivity contribution >= 4 is 8.60 Å². The molecule has 0 amide bonds. The quantitative estimate of drug-likeness (QED) is 0.257. The Morgan fingerprint density at radius 2 is 1.35 bits per heavy atom. The summed E-state index contributed by atoms with van der Waals surface area (Å²) in [5.41, 5.74) is 3.81. The monoisotopic (exact) mass is 382 g/mol. The first-order chi connectivity index (χ1) is 12.6. The highest BCUT2D eigenvalue weighted by molar-refractivity contribution is 7.39. The van der Waals surface area contributed by atoms with Crippen LogP contribution in [0.5, 0.6) is 5.75 Å². The van der Waals surface area contributed by atoms with Crippen molar-refractivity contribution in [2.75, 3.05) is 0 Å². The van der Waals surface area contributed by atoms with Gasteiger partial charge in [0.2, 0.25) is 0 Å². The van der Waals surface area contributed by atoms with Crippen molar-refractivity contribution in [1.29, 1.82) is 0 Å². The second kappa shape index (κ2) is 14.4. The highest BCUT2D eigenvalue weighted by Gasteiger charge is 2.15. The minimum atomic E-state index is -2.37. The molecule has 4 heteroatoms. The Morgan fingerprint density at radius 1 is 0.731 bits per heavy atom. The maximum absolute atomic E-state index is 9.43. The molecular formula is C22H39O3P. The molecule has 3 nitrogen and oxygen atoms in total. The lowest BCUT2D eigenvalue weighted by molar-refractivity contribution is 0.372. The summed E-state index contributed by atoms with van der Waals surface area (Å²) in [6.07, 6.45) is 15.3. The number of hydrogen-bond donors (Lipinski definition) is 2. The van der Waals surface area contributed by atoms with Gasteiger partial charge in [0.25, 0.3) is 0 Å². The van der Waals surface area contributed by atoms with Gasteiger partial charge in [-0.1, -0.05) is 71.8 Å². The zero-order chi connectivity index (χ0) is 19.2. The fraction of sp³-hybridized carbons (Fsp3) is 0.727. The molecule has 0 atom stereocenters. The zero-order valence-corrected chi connectivity index (χ0v) is 18.0. The van der Waals surface area contributed by atoms with Crippen LogP contribution in [0, 0.1) is 0 Å². The van der Waals surface area contributed by atoms with Crippen LogP contribution in [0.3, 0.4) is 0 Å². The molecule has 1 aromatic rings. The molecule has 0 saturated carbocycles. The van der Waals surface area contributed by atoms with Crippen molar-refractivity contribution in [3.63, 3.8) is 0 Å². The van der Waals surface area contributed by atoms with E-state index < -0.39 is 8.60 Å². The van der Waals surface area contributed by atoms with Crippen LogP contribution in [0.25, 0.3) is 0 Å². The van der Waals surface area contributed by atoms with Gasteiger partial charge in [0.05, 0.1) is 0 Å². The summed E-state index contributed by atoms with van der Waals surface area (Å²) in [7, 11) is -2.37. The summed E-state index contributed by atoms with van der Waals surface area (Å²) in [4.78, 5) is 18.9. The maximum atomic E-state index is 9.43. The van der Waals surface area contributed by atoms with Gasteiger partial charge in [-0.25, -0.2) is 0 Å². The van der Waals surface area contributed by atoms with Crippen LogP contribution in [-0.2, 0) is 19.3 Å². The van der Waals surface area contributed by atoms with Crippen LogP contribution in [0.4, 0.5) is 0 Å². The van der Waals surface area contributed by atoms with E-state index in [0.29, 0.717) is 5.75 Å². The van der Waals surface area contributed by atoms with E-state index in [1.807, 2.05) is 6.07 Å². The van der Waals surface area contributed by atoms with Crippen molar-refractivity contribution in [2.24, 2.45) is 0 Å². The van der Waals surface area contributed by atoms with Gasteiger partial charge in [0, 0.05) is 0 Å². The molecule has 1 rings (SSSR count). The lowest BCUT2D eigenvalue weighted by Crippen LogP contribution is -2.02. The smallest absolute Gasteiger partial charge is 0.391 e. The molecular weight excluding hydrogens is 343 g/mol. The Hall–Kier alpha value is -0.630. The van der Waals surface area contributed by atoms with Gasteiger partial charge in [-0.05, 0) is 61.3 Å². The lowest BCUT2D eigenvalue weighted by Gasteiger charge is -2.18. The van der Waals surface area contributed by atoms with Gasteiger partial charge < -0.3 is 14.3 Å². The summed E-state index contributed by atoms with van der Waals surface area (Å²) in [5.74, 6) is 0.703. The van der Waals surface area contributed by atoms with E-state index in [2.05, 4.69) is 26.8 Å². The lowest BCUT2D eigenvalue weighted by atomic mass is 9.93. The topological polar surface area (TPSA) is 49.7 Å². The van der Waals surface area contributed by atoms with E-state index in [4.69, 9.17) is 4.52 Å². The molecule has 0 heterocycles. The molecule has 0 unspecified atom stereocenters. The van der Waals surface area contributed by atoms with Crippen LogP contribution < -0.4 is 4.52 Å². The van der Waals surface area contributed by atoms with Gasteiger partial charge >= 0.3 is 8.60 Å². The predicted octanol–water partition coefficient (Wildman–Crippen LogP) is 6.87. The molecule has 0 aliphatic rings. The number of benzene rings is 1. The van der Waals surface area contributed by atoms with Gasteiger partial charge in [0.1, 0.15) is 5.75 Å². The van der Waals surface area contributed by atoms with Crippen molar-refractivity contribution in [1.82, 2.24) is 0 Å². The summed E-state index contributed by atoms with van der Waals surface area (Å²) < 4.78 is 5.46. The van der Waals surface area contributed by atoms with Crippen LogP contribution in [-0.4, -0.2) is 9.79 Å². The molecule has 150 valence electrons. The van der Waals surface area contributed by atoms with Crippen LogP contribution in [0.15, 0.2) is 12.1 Å². The fourth-order valence-corrected chi connectivity index (χ4v) is 3.76. The summed E-state index contributed by atoms with van der Waals surface area (Å²) in [6.45, 7) is 6.65. The number of hydrogen-bond acceptors (Lipinski definition) is 3. The molecule has 0 spiro atoms. The second-order valence-electron chi connectivity index (χ2n) is 7.30. The summed E-state index contributed by atoms with van der Waals surface area (Å²) in [5, 5.41) is 0. The third-order valence-electron chi connectivity index (χ3n) is 4.94. The zero-order valence-electron chi connectivity index (χ0n) is 17.1. The van der Waals surface area contributed by atoms with Crippen molar-refractivity contribution < 1.29 is 14.3 Å². The Labute approximate surface area is 162 Å². The first-order valence-electron chi connectivity index (χ1n) is 10.6. The van der Waals surface area contributed by atoms with Gasteiger partial charge in [-0.3, -0.25) is 0 Å². The third-order valence-corrected chi connectivity index (χ3v) is 5.30. The number of unbranched alkanes of at least 4 members (excludes halogenated alkanes) is 7. The van der Waals surface area contributed by atoms with Gasteiger partial charge in [0.15, 0.2) is 0 Å². The van der Waals surface area contributed by atoms with Gasteiger partial charge in [-0.15, -0.1) is 0 Å². The summed E-state index contributed by atoms with van der Waals surface area (Å²) in [6, 6.07) is 4.38. The Balaban J connectivity index is 2.91. The molecule has 2 N–H and O–H groups in total. The minimum absolute atomic E-state index is 0.703. The van der Waals surface area contributed by atoms with Crippen molar-refractivity contribution in [2.45, 2.75) is 104 Å². The minimum Gasteiger partial charge on any atom is -0.427 e. The van der Waals surface area contributed by atoms with Crippen LogP contribution in [0.2, 0.25) is 0 Å². The second-order valence-corrected chi connectivity index (χ2v) is 7.99. The van der Waals surface area contributed by atoms with E-state index in [0.717, 1.165) is 44.9 Å². The average molecular weight is 383 g/mol. The van der Waals surface area contributed by atoms with Crippen LogP contribution >= 0.6 is 8.60 Å². The Kier molecular flexibility index (Phi) is 13.0. The third kappa shape index (κ3) is 9.35. The molecule has 0 saturated heterocycles. The fourth-order valence-electron chi connectivity index (χ4n) is 3.42. The van der Waals surface area contributed by atoms with Crippen LogP contribution in [0.1, 0.15) is 102 Å². The van der Waals surface area contributed by atoms with E-state index in [9.17, 15) is 9.79 Å². The normalized spacial score (nSPS) is 11.3. The number of aryl methyl sites for hydroxylation is 2. The molecule has 0 radical (unpaired) electrons. The first kappa shape index (κ1) is 23.4.